The second-order valence-corrected chi connectivity index (χ2v) is 19.0. The third kappa shape index (κ3) is 15.6. The normalized spacial score (nSPS) is 49.7. The Morgan fingerprint density at radius 1 is 0.389 bits per heavy atom. The second-order valence-electron chi connectivity index (χ2n) is 19.0. The van der Waals surface area contributed by atoms with E-state index in [-0.39, 0.29) is 31.0 Å². The van der Waals surface area contributed by atoms with Crippen molar-refractivity contribution in [2.75, 3.05) is 41.7 Å². The topological polar surface area (TPSA) is 411 Å². The lowest BCUT2D eigenvalue weighted by Gasteiger charge is -2.46. The van der Waals surface area contributed by atoms with Gasteiger partial charge in [0.1, 0.15) is 110 Å². The van der Waals surface area contributed by atoms with E-state index in [0.717, 1.165) is 0 Å². The van der Waals surface area contributed by atoms with Crippen molar-refractivity contribution in [1.29, 1.82) is 0 Å². The molecular weight excluding hydrogens is 972 g/mol. The first-order chi connectivity index (χ1) is 33.6. The maximum Gasteiger partial charge on any atom is 0.333 e. The van der Waals surface area contributed by atoms with Gasteiger partial charge in [0.2, 0.25) is 0 Å². The minimum Gasteiger partial charge on any atom is -0.479 e. The molecule has 27 heteroatoms. The smallest absolute Gasteiger partial charge is 0.333 e. The average Bonchev–Trinajstić information content (AvgIpc) is 3.34. The highest BCUT2D eigenvalue weighted by molar-refractivity contribution is 5.73. The molecule has 6 aliphatic heterocycles. The minimum atomic E-state index is -1.72. The lowest BCUT2D eigenvalue weighted by atomic mass is 9.91. The molecule has 0 aromatic carbocycles. The zero-order valence-electron chi connectivity index (χ0n) is 42.8. The summed E-state index contributed by atoms with van der Waals surface area (Å²) in [5.41, 5.74) is 0. The van der Waals surface area contributed by atoms with Gasteiger partial charge in [0.25, 0.3) is 0 Å². The van der Waals surface area contributed by atoms with E-state index >= 15 is 0 Å². The van der Waals surface area contributed by atoms with Crippen LogP contribution < -0.4 is 0 Å². The number of ether oxygens (including phenoxy) is 12. The highest BCUT2D eigenvalue weighted by Crippen LogP contribution is 2.32. The number of rotatable bonds is 11. The van der Waals surface area contributed by atoms with Crippen LogP contribution in [0.3, 0.4) is 0 Å². The molecule has 6 heterocycles. The summed E-state index contributed by atoms with van der Waals surface area (Å²) in [6.07, 6.45) is -26.8. The van der Waals surface area contributed by atoms with Crippen molar-refractivity contribution >= 4 is 5.97 Å². The molecule has 0 aliphatic carbocycles. The molecule has 72 heavy (non-hydrogen) atoms. The Labute approximate surface area is 418 Å². The van der Waals surface area contributed by atoms with Crippen molar-refractivity contribution < 1.29 is 133 Å². The van der Waals surface area contributed by atoms with Crippen LogP contribution in [0.15, 0.2) is 0 Å². The zero-order valence-corrected chi connectivity index (χ0v) is 42.8. The van der Waals surface area contributed by atoms with Gasteiger partial charge in [-0.05, 0) is 48.5 Å². The molecule has 14 unspecified atom stereocenters. The van der Waals surface area contributed by atoms with Gasteiger partial charge >= 0.3 is 5.97 Å². The quantitative estimate of drug-likeness (QED) is 0.0916. The molecule has 0 radical (unpaired) electrons. The Morgan fingerprint density at radius 2 is 0.792 bits per heavy atom. The van der Waals surface area contributed by atoms with Gasteiger partial charge in [0.05, 0.1) is 62.0 Å². The molecule has 426 valence electrons. The monoisotopic (exact) mass is 1060 g/mol. The Kier molecular flexibility index (Phi) is 26.3. The molecule has 27 nitrogen and oxygen atoms in total. The van der Waals surface area contributed by atoms with E-state index in [2.05, 4.69) is 0 Å². The Hall–Kier alpha value is -1.53. The van der Waals surface area contributed by atoms with Gasteiger partial charge in [0.15, 0.2) is 18.7 Å². The van der Waals surface area contributed by atoms with Crippen LogP contribution in [-0.4, -0.2) is 297 Å². The number of methoxy groups -OCH3 is 4. The molecular formula is C45H84O27. The largest absolute Gasteiger partial charge is 0.479 e. The molecule has 0 spiro atoms. The summed E-state index contributed by atoms with van der Waals surface area (Å²) in [6.45, 7) is 12.7. The predicted octanol–water partition coefficient (Wildman–Crippen LogP) is -5.89. The summed E-state index contributed by atoms with van der Waals surface area (Å²) in [5.74, 6) is -2.27. The maximum atomic E-state index is 11.4. The maximum absolute atomic E-state index is 11.4. The molecule has 0 bridgehead atoms. The van der Waals surface area contributed by atoms with Crippen molar-refractivity contribution in [1.82, 2.24) is 0 Å². The average molecular weight is 1060 g/mol. The van der Waals surface area contributed by atoms with Crippen LogP contribution >= 0.6 is 0 Å². The summed E-state index contributed by atoms with van der Waals surface area (Å²) < 4.78 is 63.7. The molecule has 14 N–H and O–H groups in total. The van der Waals surface area contributed by atoms with Crippen molar-refractivity contribution in [3.05, 3.63) is 0 Å². The van der Waals surface area contributed by atoms with Crippen LogP contribution in [0.5, 0.6) is 0 Å². The van der Waals surface area contributed by atoms with Crippen molar-refractivity contribution in [3.8, 4) is 0 Å². The first kappa shape index (κ1) is 64.8. The van der Waals surface area contributed by atoms with Gasteiger partial charge in [0, 0.05) is 34.4 Å². The number of hydrogen-bond acceptors (Lipinski definition) is 26. The SMILES string of the molecule is COC1C(O)[C@@H](C)OC(C)[C@@H]1O.COC1C(O)[C@@H](C)OC(C)[C@@H]1O.CO[C@@H]1C(CO)O[C@H](C)[C@@H](O)C1O.CO[C@@H]1C(O[C@H]2OC(CO[C@H]3OC(C(=O)O)[C@@H](C)[C@H](O)C3O)[C@@H](O)[C@H](O)C2O)[C@@H](C)OC(C)[C@@H]1O. The van der Waals surface area contributed by atoms with Crippen LogP contribution in [0.2, 0.25) is 0 Å². The third-order valence-electron chi connectivity index (χ3n) is 13.9. The number of carboxylic acids is 1. The summed E-state index contributed by atoms with van der Waals surface area (Å²) in [7, 11) is 5.73. The second kappa shape index (κ2) is 29.3. The fraction of sp³-hybridized carbons (Fsp3) is 0.978. The molecule has 6 rings (SSSR count). The number of aliphatic hydroxyl groups is 13. The summed E-state index contributed by atoms with van der Waals surface area (Å²) in [6, 6.07) is 0. The Morgan fingerprint density at radius 3 is 1.21 bits per heavy atom. The fourth-order valence-corrected chi connectivity index (χ4v) is 9.21. The molecule has 6 fully saturated rings. The van der Waals surface area contributed by atoms with E-state index in [9.17, 15) is 71.2 Å². The Bertz CT molecular complexity index is 1490. The summed E-state index contributed by atoms with van der Waals surface area (Å²) in [5, 5.41) is 137. The van der Waals surface area contributed by atoms with Crippen LogP contribution in [0.25, 0.3) is 0 Å². The lowest BCUT2D eigenvalue weighted by Crippen LogP contribution is -2.64. The first-order valence-corrected chi connectivity index (χ1v) is 24.0. The molecule has 0 aromatic heterocycles. The third-order valence-corrected chi connectivity index (χ3v) is 13.9. The number of aliphatic hydroxyl groups excluding tert-OH is 13. The summed E-state index contributed by atoms with van der Waals surface area (Å²) >= 11 is 0. The van der Waals surface area contributed by atoms with Gasteiger partial charge in [-0.15, -0.1) is 0 Å². The van der Waals surface area contributed by atoms with E-state index in [0.29, 0.717) is 0 Å². The molecule has 6 saturated heterocycles. The highest BCUT2D eigenvalue weighted by Gasteiger charge is 2.52. The fourth-order valence-electron chi connectivity index (χ4n) is 9.21. The van der Waals surface area contributed by atoms with Crippen LogP contribution in [0.1, 0.15) is 55.4 Å². The first-order valence-electron chi connectivity index (χ1n) is 24.0. The minimum absolute atomic E-state index is 0.230. The van der Waals surface area contributed by atoms with Crippen LogP contribution in [0, 0.1) is 5.92 Å². The molecule has 30 atom stereocenters. The Balaban J connectivity index is 0.000000300. The van der Waals surface area contributed by atoms with E-state index < -0.39 is 171 Å². The van der Waals surface area contributed by atoms with Crippen molar-refractivity contribution in [3.63, 3.8) is 0 Å². The number of carboxylic acid groups (broad SMARTS) is 1. The number of carbonyl (C=O) groups is 1. The van der Waals surface area contributed by atoms with Crippen LogP contribution in [0.4, 0.5) is 0 Å². The lowest BCUT2D eigenvalue weighted by molar-refractivity contribution is -0.349. The standard InChI is InChI=1S/C21H36O14.C8H16O5.2C8H16O4/c1-6-10(22)14(26)20(34-16(6)19(28)29)31-5-9-12(24)13(25)15(27)21(33-9)35-17-8(3)32-7(2)11(23)18(17)30-4;1-4-6(10)7(11)8(12-2)5(3-9)13-4;2*1-4-6(9)8(11-3)7(10)5(2)12-4/h6-18,20-27H,5H2,1-4H3,(H,28,29);4-11H,3H2,1-2H3;2*4-10H,1-3H3/t6-,7?,8+,9?,10-,11-,12+,13-,14?,15?,16?,17?,18-,20-,21+;4-,5?,6-,7?,8-;2*4-,5?,6?,7+,8?/m0111/s1. The molecule has 0 aromatic rings. The van der Waals surface area contributed by atoms with E-state index in [1.165, 1.54) is 35.4 Å². The van der Waals surface area contributed by atoms with Gasteiger partial charge in [-0.2, -0.15) is 0 Å². The zero-order chi connectivity index (χ0) is 54.8. The number of hydrogen-bond donors (Lipinski definition) is 14. The van der Waals surface area contributed by atoms with Gasteiger partial charge < -0.3 is 128 Å². The molecule has 0 amide bonds. The van der Waals surface area contributed by atoms with Crippen LogP contribution in [-0.2, 0) is 61.6 Å². The number of aliphatic carboxylic acids is 1. The van der Waals surface area contributed by atoms with Gasteiger partial charge in [-0.1, -0.05) is 6.92 Å². The highest BCUT2D eigenvalue weighted by atomic mass is 16.7. The van der Waals surface area contributed by atoms with Crippen molar-refractivity contribution in [2.45, 2.75) is 233 Å². The molecule has 0 saturated carbocycles. The molecule has 6 aliphatic rings. The predicted molar refractivity (Wildman–Crippen MR) is 242 cm³/mol. The van der Waals surface area contributed by atoms with Crippen molar-refractivity contribution in [2.24, 2.45) is 5.92 Å². The summed E-state index contributed by atoms with van der Waals surface area (Å²) in [4.78, 5) is 11.4. The van der Waals surface area contributed by atoms with E-state index in [1.54, 1.807) is 48.5 Å². The van der Waals surface area contributed by atoms with E-state index in [1.807, 2.05) is 0 Å². The van der Waals surface area contributed by atoms with Gasteiger partial charge in [-0.25, -0.2) is 4.79 Å². The van der Waals surface area contributed by atoms with E-state index in [4.69, 9.17) is 61.9 Å². The van der Waals surface area contributed by atoms with Gasteiger partial charge in [-0.3, -0.25) is 0 Å².